The number of carbonyl (C=O) groups excluding carboxylic acids is 2. The van der Waals surface area contributed by atoms with Crippen LogP contribution in [-0.2, 0) is 16.1 Å². The molecule has 0 saturated heterocycles. The number of carbonyl (C=O) groups is 2. The van der Waals surface area contributed by atoms with Gasteiger partial charge in [0.2, 0.25) is 6.54 Å². The van der Waals surface area contributed by atoms with Gasteiger partial charge in [-0.2, -0.15) is 4.57 Å². The van der Waals surface area contributed by atoms with Crippen molar-refractivity contribution >= 4 is 28.9 Å². The lowest BCUT2D eigenvalue weighted by atomic mass is 10.1. The Balaban J connectivity index is 0.00000320. The number of nitrogens with zero attached hydrogens (tertiary/aromatic N) is 1. The van der Waals surface area contributed by atoms with Crippen molar-refractivity contribution in [2.75, 3.05) is 5.32 Å². The van der Waals surface area contributed by atoms with Crippen LogP contribution < -0.4 is 26.9 Å². The summed E-state index contributed by atoms with van der Waals surface area (Å²) in [5.74, 6) is -0.629. The molecule has 5 nitrogen and oxygen atoms in total. The van der Waals surface area contributed by atoms with Crippen LogP contribution in [0.5, 0.6) is 0 Å². The summed E-state index contributed by atoms with van der Waals surface area (Å²) >= 11 is 1.28. The molecular formula is C23H25BrN2O3S. The molecule has 7 heteroatoms. The highest BCUT2D eigenvalue weighted by Gasteiger charge is 2.24. The van der Waals surface area contributed by atoms with E-state index < -0.39 is 11.6 Å². The fourth-order valence-corrected chi connectivity index (χ4v) is 3.72. The van der Waals surface area contributed by atoms with E-state index in [0.29, 0.717) is 10.6 Å². The Kier molecular flexibility index (Phi) is 7.92. The second-order valence-corrected chi connectivity index (χ2v) is 8.68. The third-order valence-electron chi connectivity index (χ3n) is 4.12. The van der Waals surface area contributed by atoms with Gasteiger partial charge in [0.1, 0.15) is 10.5 Å². The topological polar surface area (TPSA) is 59.3 Å². The molecule has 30 heavy (non-hydrogen) atoms. The van der Waals surface area contributed by atoms with Gasteiger partial charge in [0.25, 0.3) is 5.91 Å². The molecule has 0 saturated carbocycles. The van der Waals surface area contributed by atoms with Crippen molar-refractivity contribution in [3.63, 3.8) is 0 Å². The van der Waals surface area contributed by atoms with E-state index in [4.69, 9.17) is 4.74 Å². The van der Waals surface area contributed by atoms with Gasteiger partial charge in [-0.1, -0.05) is 30.3 Å². The van der Waals surface area contributed by atoms with E-state index in [1.807, 2.05) is 92.5 Å². The molecule has 0 atom stereocenters. The number of aryl methyl sites for hydroxylation is 1. The highest BCUT2D eigenvalue weighted by Crippen LogP contribution is 2.29. The van der Waals surface area contributed by atoms with Crippen molar-refractivity contribution in [2.45, 2.75) is 39.8 Å². The zero-order valence-corrected chi connectivity index (χ0v) is 19.8. The monoisotopic (exact) mass is 488 g/mol. The SMILES string of the molecule is Cc1csc(C(=O)OC(C)(C)C)c1NC(=O)C[n+]1cccc(-c2ccccc2)c1.[Br-]. The van der Waals surface area contributed by atoms with Gasteiger partial charge < -0.3 is 27.0 Å². The Morgan fingerprint density at radius 3 is 2.40 bits per heavy atom. The average molecular weight is 489 g/mol. The highest BCUT2D eigenvalue weighted by molar-refractivity contribution is 7.12. The van der Waals surface area contributed by atoms with E-state index >= 15 is 0 Å². The van der Waals surface area contributed by atoms with Crippen molar-refractivity contribution in [1.82, 2.24) is 0 Å². The summed E-state index contributed by atoms with van der Waals surface area (Å²) in [7, 11) is 0. The Morgan fingerprint density at radius 2 is 1.73 bits per heavy atom. The number of anilines is 1. The van der Waals surface area contributed by atoms with Gasteiger partial charge in [0.05, 0.1) is 5.69 Å². The van der Waals surface area contributed by atoms with E-state index in [1.165, 1.54) is 11.3 Å². The van der Waals surface area contributed by atoms with Crippen LogP contribution in [-0.4, -0.2) is 17.5 Å². The number of hydrogen-bond donors (Lipinski definition) is 1. The van der Waals surface area contributed by atoms with Gasteiger partial charge in [0, 0.05) is 11.6 Å². The summed E-state index contributed by atoms with van der Waals surface area (Å²) in [6.45, 7) is 7.47. The second kappa shape index (κ2) is 10.00. The number of ether oxygens (including phenoxy) is 1. The number of nitrogens with one attached hydrogen (secondary N) is 1. The molecule has 0 fully saturated rings. The van der Waals surface area contributed by atoms with Crippen LogP contribution in [0.3, 0.4) is 0 Å². The first-order valence-corrected chi connectivity index (χ1v) is 10.3. The molecule has 0 unspecified atom stereocenters. The standard InChI is InChI=1S/C23H24N2O3S.BrH/c1-16-15-29-21(22(27)28-23(2,3)4)20(16)24-19(26)14-25-12-8-11-18(13-25)17-9-6-5-7-10-17;/h5-13,15H,14H2,1-4H3;1H. The molecule has 0 aliphatic heterocycles. The predicted molar refractivity (Wildman–Crippen MR) is 115 cm³/mol. The summed E-state index contributed by atoms with van der Waals surface area (Å²) < 4.78 is 7.28. The number of aromatic nitrogens is 1. The van der Waals surface area contributed by atoms with Crippen molar-refractivity contribution in [3.8, 4) is 11.1 Å². The maximum absolute atomic E-state index is 12.7. The number of pyridine rings is 1. The molecule has 0 aliphatic rings. The van der Waals surface area contributed by atoms with Crippen LogP contribution in [0.4, 0.5) is 5.69 Å². The second-order valence-electron chi connectivity index (χ2n) is 7.80. The Hall–Kier alpha value is -2.51. The Labute approximate surface area is 191 Å². The molecule has 1 N–H and O–H groups in total. The number of benzene rings is 1. The van der Waals surface area contributed by atoms with Gasteiger partial charge in [0.15, 0.2) is 12.4 Å². The number of esters is 1. The molecule has 0 spiro atoms. The van der Waals surface area contributed by atoms with E-state index in [1.54, 1.807) is 0 Å². The fourth-order valence-electron chi connectivity index (χ4n) is 2.84. The number of halogens is 1. The van der Waals surface area contributed by atoms with Crippen LogP contribution in [0.1, 0.15) is 36.0 Å². The van der Waals surface area contributed by atoms with Crippen LogP contribution >= 0.6 is 11.3 Å². The summed E-state index contributed by atoms with van der Waals surface area (Å²) in [6.07, 6.45) is 3.78. The first kappa shape index (κ1) is 23.8. The molecule has 0 aliphatic carbocycles. The number of thiophene rings is 1. The number of hydrogen-bond acceptors (Lipinski definition) is 4. The lowest BCUT2D eigenvalue weighted by Crippen LogP contribution is -3.00. The molecular weight excluding hydrogens is 464 g/mol. The fraction of sp³-hybridized carbons (Fsp3) is 0.261. The molecule has 1 aromatic carbocycles. The van der Waals surface area contributed by atoms with Gasteiger partial charge in [-0.3, -0.25) is 4.79 Å². The van der Waals surface area contributed by atoms with Crippen molar-refractivity contribution in [2.24, 2.45) is 0 Å². The van der Waals surface area contributed by atoms with E-state index in [-0.39, 0.29) is 29.4 Å². The minimum atomic E-state index is -0.593. The maximum Gasteiger partial charge on any atom is 0.351 e. The minimum absolute atomic E-state index is 0. The largest absolute Gasteiger partial charge is 1.00 e. The van der Waals surface area contributed by atoms with Crippen molar-refractivity contribution in [3.05, 3.63) is 70.7 Å². The first-order chi connectivity index (χ1) is 13.7. The molecule has 1 amide bonds. The van der Waals surface area contributed by atoms with Crippen LogP contribution in [0, 0.1) is 6.92 Å². The van der Waals surface area contributed by atoms with E-state index in [9.17, 15) is 9.59 Å². The summed E-state index contributed by atoms with van der Waals surface area (Å²) in [5.41, 5.74) is 2.88. The molecule has 2 heterocycles. The molecule has 0 bridgehead atoms. The first-order valence-electron chi connectivity index (χ1n) is 9.39. The lowest BCUT2D eigenvalue weighted by molar-refractivity contribution is -0.683. The molecule has 3 aromatic rings. The average Bonchev–Trinajstić information content (AvgIpc) is 3.02. The maximum atomic E-state index is 12.7. The van der Waals surface area contributed by atoms with Gasteiger partial charge in [-0.15, -0.1) is 11.3 Å². The zero-order chi connectivity index (χ0) is 21.0. The highest BCUT2D eigenvalue weighted by atomic mass is 79.9. The Bertz CT molecular complexity index is 1030. The summed E-state index contributed by atoms with van der Waals surface area (Å²) in [4.78, 5) is 25.5. The normalized spacial score (nSPS) is 10.8. The lowest BCUT2D eigenvalue weighted by Gasteiger charge is -2.19. The van der Waals surface area contributed by atoms with Gasteiger partial charge in [-0.25, -0.2) is 4.79 Å². The van der Waals surface area contributed by atoms with E-state index in [2.05, 4.69) is 5.32 Å². The van der Waals surface area contributed by atoms with Gasteiger partial charge >= 0.3 is 5.97 Å². The minimum Gasteiger partial charge on any atom is -1.00 e. The smallest absolute Gasteiger partial charge is 0.351 e. The Morgan fingerprint density at radius 1 is 1.07 bits per heavy atom. The molecule has 0 radical (unpaired) electrons. The third-order valence-corrected chi connectivity index (χ3v) is 5.19. The molecule has 158 valence electrons. The third kappa shape index (κ3) is 6.24. The summed E-state index contributed by atoms with van der Waals surface area (Å²) in [5, 5.41) is 4.73. The molecule has 2 aromatic heterocycles. The van der Waals surface area contributed by atoms with Crippen LogP contribution in [0.2, 0.25) is 0 Å². The number of rotatable bonds is 5. The van der Waals surface area contributed by atoms with Crippen LogP contribution in [0.15, 0.2) is 60.2 Å². The van der Waals surface area contributed by atoms with Crippen molar-refractivity contribution < 1.29 is 35.9 Å². The van der Waals surface area contributed by atoms with E-state index in [0.717, 1.165) is 16.7 Å². The zero-order valence-electron chi connectivity index (χ0n) is 17.4. The quantitative estimate of drug-likeness (QED) is 0.438. The molecule has 3 rings (SSSR count). The van der Waals surface area contributed by atoms with Gasteiger partial charge in [-0.05, 0) is 50.3 Å². The number of amides is 1. The predicted octanol–water partition coefficient (Wildman–Crippen LogP) is 1.61. The van der Waals surface area contributed by atoms with Crippen molar-refractivity contribution in [1.29, 1.82) is 0 Å². The summed E-state index contributed by atoms with van der Waals surface area (Å²) in [6, 6.07) is 13.9. The van der Waals surface area contributed by atoms with Crippen LogP contribution in [0.25, 0.3) is 11.1 Å².